The van der Waals surface area contributed by atoms with Crippen molar-refractivity contribution in [3.63, 3.8) is 0 Å². The van der Waals surface area contributed by atoms with Crippen LogP contribution in [0.5, 0.6) is 11.5 Å². The molecule has 3 aromatic carbocycles. The lowest BCUT2D eigenvalue weighted by atomic mass is 9.97. The Morgan fingerprint density at radius 2 is 1.72 bits per heavy atom. The van der Waals surface area contributed by atoms with Crippen molar-refractivity contribution in [3.8, 4) is 11.5 Å². The number of aromatic amines is 1. The maximum Gasteiger partial charge on any atom is 0.415 e. The fourth-order valence-electron chi connectivity index (χ4n) is 7.36. The Bertz CT molecular complexity index is 2560. The molecular weight excluding hydrogens is 902 g/mol. The molecule has 1 unspecified atom stereocenters. The number of hydrogen-bond donors (Lipinski definition) is 4. The van der Waals surface area contributed by atoms with Gasteiger partial charge in [-0.1, -0.05) is 32.9 Å². The molecule has 1 aliphatic rings. The van der Waals surface area contributed by atoms with Crippen molar-refractivity contribution in [2.24, 2.45) is 11.8 Å². The number of amides is 5. The van der Waals surface area contributed by atoms with Gasteiger partial charge in [-0.05, 0) is 54.8 Å². The molecule has 366 valence electrons. The Kier molecular flexibility index (Phi) is 17.7. The van der Waals surface area contributed by atoms with E-state index in [9.17, 15) is 29.1 Å². The minimum absolute atomic E-state index is 0.00145. The topological polar surface area (TPSA) is 227 Å². The lowest BCUT2D eigenvalue weighted by molar-refractivity contribution is -0.129. The molecule has 0 aliphatic carbocycles. The summed E-state index contributed by atoms with van der Waals surface area (Å²) in [5.74, 6) is -0.190. The number of likely N-dealkylation sites (N-methyl/N-ethyl adjacent to an activating group) is 1. The zero-order chi connectivity index (χ0) is 49.1. The number of aliphatic hydroxyl groups is 1. The third-order valence-electron chi connectivity index (χ3n) is 11.6. The number of hydrogen-bond acceptors (Lipinski definition) is 13. The van der Waals surface area contributed by atoms with Crippen LogP contribution in [-0.4, -0.2) is 140 Å². The van der Waals surface area contributed by atoms with Gasteiger partial charge in [0.25, 0.3) is 5.91 Å². The van der Waals surface area contributed by atoms with Crippen LogP contribution in [0.2, 0.25) is 0 Å². The van der Waals surface area contributed by atoms with Gasteiger partial charge < -0.3 is 63.5 Å². The van der Waals surface area contributed by atoms with E-state index in [1.807, 2.05) is 39.0 Å². The fourth-order valence-corrected chi connectivity index (χ4v) is 7.61. The van der Waals surface area contributed by atoms with Crippen molar-refractivity contribution in [3.05, 3.63) is 77.3 Å². The molecule has 5 aromatic rings. The number of nitrogens with zero attached hydrogens (tertiary/aromatic N) is 4. The first-order valence-corrected chi connectivity index (χ1v) is 23.0. The number of rotatable bonds is 22. The first kappa shape index (κ1) is 51.0. The number of methoxy groups -OCH3 is 1. The molecule has 6 rings (SSSR count). The highest BCUT2D eigenvalue weighted by molar-refractivity contribution is 6.19. The van der Waals surface area contributed by atoms with E-state index in [4.69, 9.17) is 39.7 Å². The van der Waals surface area contributed by atoms with Crippen molar-refractivity contribution in [2.75, 3.05) is 89.5 Å². The maximum absolute atomic E-state index is 14.3. The summed E-state index contributed by atoms with van der Waals surface area (Å²) in [6.45, 7) is 9.90. The molecule has 0 radical (unpaired) electrons. The standard InChI is InChI=1S/C48H60ClN7O12/c1-28(2)29(3)44(58)50-30(4)45(59)52-35-10-8-32(9-11-35)27-66-47(61)54(6)14-15-55(16-18-64-19-17-57)48(62)68-40-24-39-41(42-43(40)67-31(5)51-42)34(25-49)26-56(39)46(60)38-23-33-22-36(65-21-20-63-7)12-13-37(33)53-38/h8-13,22-24,28-30,34,53,57H,14-21,25-27H2,1-7H3,(H,50,58)(H,52,59)/t29-,30-,34?/m0/s1. The number of benzene rings is 3. The lowest BCUT2D eigenvalue weighted by Gasteiger charge is -2.25. The average molecular weight is 962 g/mol. The molecule has 68 heavy (non-hydrogen) atoms. The van der Waals surface area contributed by atoms with Crippen LogP contribution in [0.15, 0.2) is 59.0 Å². The van der Waals surface area contributed by atoms with Gasteiger partial charge in [0.05, 0.1) is 32.1 Å². The van der Waals surface area contributed by atoms with Gasteiger partial charge in [0.1, 0.15) is 36.2 Å². The summed E-state index contributed by atoms with van der Waals surface area (Å²) in [5, 5.41) is 15.6. The number of anilines is 2. The molecule has 0 spiro atoms. The minimum atomic E-state index is -0.798. The molecule has 0 fully saturated rings. The normalized spacial score (nSPS) is 14.1. The van der Waals surface area contributed by atoms with E-state index in [2.05, 4.69) is 20.6 Å². The van der Waals surface area contributed by atoms with Gasteiger partial charge in [0, 0.05) is 93.2 Å². The number of alkyl halides is 1. The Labute approximate surface area is 399 Å². The van der Waals surface area contributed by atoms with Crippen LogP contribution in [0, 0.1) is 18.8 Å². The van der Waals surface area contributed by atoms with Crippen LogP contribution in [0.25, 0.3) is 22.0 Å². The number of oxazole rings is 1. The number of carbonyl (C=O) groups is 5. The molecule has 2 aromatic heterocycles. The zero-order valence-corrected chi connectivity index (χ0v) is 40.1. The molecule has 0 saturated heterocycles. The summed E-state index contributed by atoms with van der Waals surface area (Å²) in [5.41, 5.74) is 3.97. The number of fused-ring (bicyclic) bond motifs is 4. The van der Waals surface area contributed by atoms with Gasteiger partial charge in [0.2, 0.25) is 11.8 Å². The second-order valence-electron chi connectivity index (χ2n) is 16.9. The van der Waals surface area contributed by atoms with Crippen molar-refractivity contribution in [1.29, 1.82) is 0 Å². The van der Waals surface area contributed by atoms with Gasteiger partial charge in [-0.15, -0.1) is 11.6 Å². The highest BCUT2D eigenvalue weighted by atomic mass is 35.5. The lowest BCUT2D eigenvalue weighted by Crippen LogP contribution is -2.44. The molecule has 3 atom stereocenters. The minimum Gasteiger partial charge on any atom is -0.491 e. The van der Waals surface area contributed by atoms with Gasteiger partial charge in [-0.25, -0.2) is 14.6 Å². The Hall–Kier alpha value is -6.41. The van der Waals surface area contributed by atoms with E-state index in [0.717, 1.165) is 10.9 Å². The number of nitrogens with one attached hydrogen (secondary N) is 3. The molecule has 19 nitrogen and oxygen atoms in total. The van der Waals surface area contributed by atoms with Crippen LogP contribution in [-0.2, 0) is 30.4 Å². The third kappa shape index (κ3) is 12.6. The van der Waals surface area contributed by atoms with E-state index in [0.29, 0.717) is 58.6 Å². The van der Waals surface area contributed by atoms with Crippen molar-refractivity contribution < 1.29 is 57.2 Å². The summed E-state index contributed by atoms with van der Waals surface area (Å²) in [4.78, 5) is 78.7. The van der Waals surface area contributed by atoms with Gasteiger partial charge in [-0.2, -0.15) is 0 Å². The Balaban J connectivity index is 1.11. The number of halogens is 1. The third-order valence-corrected chi connectivity index (χ3v) is 12.0. The zero-order valence-electron chi connectivity index (χ0n) is 39.4. The van der Waals surface area contributed by atoms with Gasteiger partial charge in [-0.3, -0.25) is 14.4 Å². The average Bonchev–Trinajstić information content (AvgIpc) is 4.04. The number of ether oxygens (including phenoxy) is 5. The van der Waals surface area contributed by atoms with Crippen LogP contribution in [0.1, 0.15) is 61.1 Å². The predicted molar refractivity (Wildman–Crippen MR) is 255 cm³/mol. The first-order chi connectivity index (χ1) is 32.6. The molecular formula is C48H60ClN7O12. The van der Waals surface area contributed by atoms with Crippen LogP contribution < -0.4 is 25.0 Å². The van der Waals surface area contributed by atoms with E-state index in [1.54, 1.807) is 62.3 Å². The number of aromatic nitrogens is 2. The number of aliphatic hydroxyl groups excluding tert-OH is 1. The smallest absolute Gasteiger partial charge is 0.415 e. The first-order valence-electron chi connectivity index (χ1n) is 22.4. The van der Waals surface area contributed by atoms with Crippen LogP contribution in [0.3, 0.4) is 0 Å². The van der Waals surface area contributed by atoms with E-state index >= 15 is 0 Å². The van der Waals surface area contributed by atoms with Crippen molar-refractivity contribution in [1.82, 2.24) is 25.1 Å². The largest absolute Gasteiger partial charge is 0.491 e. The van der Waals surface area contributed by atoms with Gasteiger partial charge in [0.15, 0.2) is 17.2 Å². The molecule has 0 bridgehead atoms. The summed E-state index contributed by atoms with van der Waals surface area (Å²) in [6.07, 6.45) is -1.46. The molecule has 5 amide bonds. The number of carbonyl (C=O) groups excluding carboxylic acids is 5. The summed E-state index contributed by atoms with van der Waals surface area (Å²) < 4.78 is 33.9. The van der Waals surface area contributed by atoms with E-state index in [1.165, 1.54) is 16.8 Å². The van der Waals surface area contributed by atoms with E-state index < -0.39 is 18.2 Å². The second kappa shape index (κ2) is 23.5. The van der Waals surface area contributed by atoms with Crippen LogP contribution >= 0.6 is 11.6 Å². The van der Waals surface area contributed by atoms with Crippen LogP contribution in [0.4, 0.5) is 21.0 Å². The summed E-state index contributed by atoms with van der Waals surface area (Å²) >= 11 is 6.51. The maximum atomic E-state index is 14.3. The Morgan fingerprint density at radius 3 is 2.43 bits per heavy atom. The Morgan fingerprint density at radius 1 is 0.956 bits per heavy atom. The SMILES string of the molecule is COCCOc1ccc2[nH]c(C(=O)N3CC(CCl)c4c3cc(OC(=O)N(CCOCCO)CCN(C)C(=O)OCc3ccc(NC(=O)[C@H](C)NC(=O)[C@@H](C)C(C)C)cc3)c3oc(C)nc43)cc2c1. The monoisotopic (exact) mass is 961 g/mol. The molecule has 4 N–H and O–H groups in total. The molecule has 3 heterocycles. The van der Waals surface area contributed by atoms with Crippen molar-refractivity contribution in [2.45, 2.75) is 53.2 Å². The summed E-state index contributed by atoms with van der Waals surface area (Å²) in [6, 6.07) is 14.8. The van der Waals surface area contributed by atoms with Gasteiger partial charge >= 0.3 is 12.2 Å². The van der Waals surface area contributed by atoms with Crippen molar-refractivity contribution >= 4 is 74.9 Å². The highest BCUT2D eigenvalue weighted by Crippen LogP contribution is 2.46. The number of aryl methyl sites for hydroxylation is 1. The predicted octanol–water partition coefficient (Wildman–Crippen LogP) is 6.44. The quantitative estimate of drug-likeness (QED) is 0.0433. The second-order valence-corrected chi connectivity index (χ2v) is 17.2. The molecule has 0 saturated carbocycles. The number of H-pyrrole nitrogens is 1. The highest BCUT2D eigenvalue weighted by Gasteiger charge is 2.38. The summed E-state index contributed by atoms with van der Waals surface area (Å²) in [7, 11) is 3.12. The molecule has 1 aliphatic heterocycles. The van der Waals surface area contributed by atoms with E-state index in [-0.39, 0.29) is 105 Å². The molecule has 20 heteroatoms. The fraction of sp³-hybridized carbons (Fsp3) is 0.458.